The van der Waals surface area contributed by atoms with E-state index in [9.17, 15) is 0 Å². The second kappa shape index (κ2) is 5.48. The first-order valence-electron chi connectivity index (χ1n) is 7.26. The molecule has 0 aliphatic carbocycles. The molecule has 0 radical (unpaired) electrons. The third kappa shape index (κ3) is 3.08. The Morgan fingerprint density at radius 3 is 2.76 bits per heavy atom. The van der Waals surface area contributed by atoms with Crippen molar-refractivity contribution >= 4 is 0 Å². The monoisotopic (exact) mass is 287 g/mol. The van der Waals surface area contributed by atoms with E-state index in [1.807, 2.05) is 32.9 Å². The molecule has 0 bridgehead atoms. The van der Waals surface area contributed by atoms with Crippen LogP contribution >= 0.6 is 0 Å². The maximum absolute atomic E-state index is 5.96. The SMILES string of the molecule is Cc1nc(C)c2c(n1)O[C@@H](CN(C)Cc1ccc(C)o1)C2. The Morgan fingerprint density at radius 1 is 1.24 bits per heavy atom. The van der Waals surface area contributed by atoms with Gasteiger partial charge in [0.2, 0.25) is 5.88 Å². The van der Waals surface area contributed by atoms with Gasteiger partial charge in [0.05, 0.1) is 6.54 Å². The van der Waals surface area contributed by atoms with Gasteiger partial charge in [-0.15, -0.1) is 0 Å². The Hall–Kier alpha value is -1.88. The van der Waals surface area contributed by atoms with Crippen molar-refractivity contribution in [3.05, 3.63) is 40.7 Å². The normalized spacial score (nSPS) is 17.1. The lowest BCUT2D eigenvalue weighted by Gasteiger charge is -2.19. The van der Waals surface area contributed by atoms with Gasteiger partial charge in [-0.3, -0.25) is 4.90 Å². The molecular formula is C16H21N3O2. The van der Waals surface area contributed by atoms with Crippen molar-refractivity contribution in [1.29, 1.82) is 0 Å². The number of furan rings is 1. The maximum atomic E-state index is 5.96. The number of aromatic nitrogens is 2. The summed E-state index contributed by atoms with van der Waals surface area (Å²) in [4.78, 5) is 11.0. The average Bonchev–Trinajstić information content (AvgIpc) is 2.95. The molecule has 0 aromatic carbocycles. The van der Waals surface area contributed by atoms with Gasteiger partial charge >= 0.3 is 0 Å². The summed E-state index contributed by atoms with van der Waals surface area (Å²) in [5.41, 5.74) is 2.18. The van der Waals surface area contributed by atoms with Crippen molar-refractivity contribution in [1.82, 2.24) is 14.9 Å². The van der Waals surface area contributed by atoms with Crippen LogP contribution in [0.4, 0.5) is 0 Å². The fraction of sp³-hybridized carbons (Fsp3) is 0.500. The molecule has 1 atom stereocenters. The highest BCUT2D eigenvalue weighted by Crippen LogP contribution is 2.29. The smallest absolute Gasteiger partial charge is 0.220 e. The molecule has 1 aliphatic heterocycles. The molecule has 5 nitrogen and oxygen atoms in total. The van der Waals surface area contributed by atoms with Crippen molar-refractivity contribution in [2.45, 2.75) is 39.8 Å². The molecule has 0 amide bonds. The lowest BCUT2D eigenvalue weighted by molar-refractivity contribution is 0.155. The van der Waals surface area contributed by atoms with Crippen LogP contribution in [0, 0.1) is 20.8 Å². The summed E-state index contributed by atoms with van der Waals surface area (Å²) in [5.74, 6) is 3.46. The maximum Gasteiger partial charge on any atom is 0.220 e. The average molecular weight is 287 g/mol. The van der Waals surface area contributed by atoms with Crippen molar-refractivity contribution in [2.24, 2.45) is 0 Å². The first-order valence-corrected chi connectivity index (χ1v) is 7.26. The molecule has 0 saturated heterocycles. The van der Waals surface area contributed by atoms with Crippen LogP contribution in [0.2, 0.25) is 0 Å². The summed E-state index contributed by atoms with van der Waals surface area (Å²) in [6, 6.07) is 4.02. The van der Waals surface area contributed by atoms with Crippen molar-refractivity contribution in [3.8, 4) is 5.88 Å². The Kier molecular flexibility index (Phi) is 3.68. The van der Waals surface area contributed by atoms with Gasteiger partial charge < -0.3 is 9.15 Å². The van der Waals surface area contributed by atoms with Gasteiger partial charge in [-0.1, -0.05) is 0 Å². The third-order valence-electron chi connectivity index (χ3n) is 3.73. The topological polar surface area (TPSA) is 51.4 Å². The number of nitrogens with zero attached hydrogens (tertiary/aromatic N) is 3. The molecule has 21 heavy (non-hydrogen) atoms. The van der Waals surface area contributed by atoms with Crippen LogP contribution in [0.1, 0.15) is 28.6 Å². The van der Waals surface area contributed by atoms with Crippen LogP contribution in [-0.4, -0.2) is 34.6 Å². The predicted molar refractivity (Wildman–Crippen MR) is 79.4 cm³/mol. The minimum atomic E-state index is 0.135. The molecule has 0 unspecified atom stereocenters. The predicted octanol–water partition coefficient (Wildman–Crippen LogP) is 2.43. The first-order chi connectivity index (χ1) is 10.0. The van der Waals surface area contributed by atoms with Crippen LogP contribution in [0.5, 0.6) is 5.88 Å². The quantitative estimate of drug-likeness (QED) is 0.864. The standard InChI is InChI=1S/C16H21N3O2/c1-10-5-6-13(20-10)8-19(4)9-14-7-15-11(2)17-12(3)18-16(15)21-14/h5-6,14H,7-9H2,1-4H3/t14-/m1/s1. The van der Waals surface area contributed by atoms with Crippen LogP contribution < -0.4 is 4.74 Å². The Balaban J connectivity index is 1.61. The fourth-order valence-electron chi connectivity index (χ4n) is 2.81. The van der Waals surface area contributed by atoms with E-state index in [4.69, 9.17) is 9.15 Å². The first kappa shape index (κ1) is 14.1. The summed E-state index contributed by atoms with van der Waals surface area (Å²) in [5, 5.41) is 0. The molecule has 2 aromatic rings. The van der Waals surface area contributed by atoms with Gasteiger partial charge in [0, 0.05) is 24.2 Å². The summed E-state index contributed by atoms with van der Waals surface area (Å²) in [6.45, 7) is 7.51. The largest absolute Gasteiger partial charge is 0.472 e. The minimum Gasteiger partial charge on any atom is -0.472 e. The van der Waals surface area contributed by atoms with E-state index in [1.54, 1.807) is 0 Å². The number of likely N-dealkylation sites (N-methyl/N-ethyl adjacent to an activating group) is 1. The van der Waals surface area contributed by atoms with Crippen LogP contribution in [0.15, 0.2) is 16.5 Å². The molecule has 3 heterocycles. The molecule has 112 valence electrons. The molecule has 0 N–H and O–H groups in total. The van der Waals surface area contributed by atoms with Gasteiger partial charge in [-0.05, 0) is 40.0 Å². The number of fused-ring (bicyclic) bond motifs is 1. The minimum absolute atomic E-state index is 0.135. The molecule has 3 rings (SSSR count). The van der Waals surface area contributed by atoms with Crippen LogP contribution in [0.3, 0.4) is 0 Å². The molecular weight excluding hydrogens is 266 g/mol. The number of hydrogen-bond acceptors (Lipinski definition) is 5. The molecule has 1 aliphatic rings. The molecule has 5 heteroatoms. The Bertz CT molecular complexity index is 651. The highest BCUT2D eigenvalue weighted by atomic mass is 16.5. The van der Waals surface area contributed by atoms with Gasteiger partial charge in [0.1, 0.15) is 23.4 Å². The van der Waals surface area contributed by atoms with Crippen molar-refractivity contribution < 1.29 is 9.15 Å². The van der Waals surface area contributed by atoms with Gasteiger partial charge in [0.15, 0.2) is 0 Å². The van der Waals surface area contributed by atoms with E-state index in [-0.39, 0.29) is 6.10 Å². The molecule has 0 fully saturated rings. The zero-order valence-corrected chi connectivity index (χ0v) is 13.0. The van der Waals surface area contributed by atoms with Crippen LogP contribution in [0.25, 0.3) is 0 Å². The Morgan fingerprint density at radius 2 is 2.05 bits per heavy atom. The van der Waals surface area contributed by atoms with E-state index in [0.29, 0.717) is 0 Å². The number of ether oxygens (including phenoxy) is 1. The van der Waals surface area contributed by atoms with Crippen LogP contribution in [-0.2, 0) is 13.0 Å². The lowest BCUT2D eigenvalue weighted by atomic mass is 10.1. The van der Waals surface area contributed by atoms with Gasteiger partial charge in [0.25, 0.3) is 0 Å². The summed E-state index contributed by atoms with van der Waals surface area (Å²) >= 11 is 0. The summed E-state index contributed by atoms with van der Waals surface area (Å²) in [7, 11) is 2.08. The van der Waals surface area contributed by atoms with E-state index >= 15 is 0 Å². The van der Waals surface area contributed by atoms with Crippen molar-refractivity contribution in [3.63, 3.8) is 0 Å². The zero-order chi connectivity index (χ0) is 15.0. The van der Waals surface area contributed by atoms with E-state index in [2.05, 4.69) is 21.9 Å². The number of aryl methyl sites for hydroxylation is 3. The van der Waals surface area contributed by atoms with Gasteiger partial charge in [-0.2, -0.15) is 4.98 Å². The summed E-state index contributed by atoms with van der Waals surface area (Å²) < 4.78 is 11.6. The second-order valence-corrected chi connectivity index (χ2v) is 5.79. The van der Waals surface area contributed by atoms with Gasteiger partial charge in [-0.25, -0.2) is 4.98 Å². The highest BCUT2D eigenvalue weighted by Gasteiger charge is 2.27. The van der Waals surface area contributed by atoms with E-state index in [1.165, 1.54) is 0 Å². The second-order valence-electron chi connectivity index (χ2n) is 5.79. The molecule has 2 aromatic heterocycles. The molecule has 0 saturated carbocycles. The Labute approximate surface area is 125 Å². The summed E-state index contributed by atoms with van der Waals surface area (Å²) in [6.07, 6.45) is 1.01. The van der Waals surface area contributed by atoms with E-state index < -0.39 is 0 Å². The number of hydrogen-bond donors (Lipinski definition) is 0. The zero-order valence-electron chi connectivity index (χ0n) is 13.0. The fourth-order valence-corrected chi connectivity index (χ4v) is 2.81. The molecule has 0 spiro atoms. The lowest BCUT2D eigenvalue weighted by Crippen LogP contribution is -2.31. The highest BCUT2D eigenvalue weighted by molar-refractivity contribution is 5.34. The third-order valence-corrected chi connectivity index (χ3v) is 3.73. The van der Waals surface area contributed by atoms with E-state index in [0.717, 1.165) is 54.0 Å². The number of rotatable bonds is 4. The van der Waals surface area contributed by atoms with Crippen molar-refractivity contribution in [2.75, 3.05) is 13.6 Å².